The zero-order valence-electron chi connectivity index (χ0n) is 15.3. The molecule has 0 aromatic carbocycles. The molecule has 2 unspecified atom stereocenters. The Kier molecular flexibility index (Phi) is 8.57. The van der Waals surface area contributed by atoms with E-state index >= 15 is 0 Å². The summed E-state index contributed by atoms with van der Waals surface area (Å²) in [7, 11) is 2.31. The summed E-state index contributed by atoms with van der Waals surface area (Å²) in [5, 5.41) is 7.06. The highest BCUT2D eigenvalue weighted by Gasteiger charge is 2.36. The van der Waals surface area contributed by atoms with E-state index in [0.717, 1.165) is 50.3 Å². The first-order valence-corrected chi connectivity index (χ1v) is 9.60. The maximum Gasteiger partial charge on any atom is 0.191 e. The lowest BCUT2D eigenvalue weighted by Crippen LogP contribution is -2.56. The molecule has 3 rings (SSSR count). The average Bonchev–Trinajstić information content (AvgIpc) is 3.32. The van der Waals surface area contributed by atoms with E-state index in [1.54, 1.807) is 0 Å². The van der Waals surface area contributed by atoms with E-state index in [1.807, 2.05) is 0 Å². The van der Waals surface area contributed by atoms with Crippen molar-refractivity contribution in [2.45, 2.75) is 70.0 Å². The van der Waals surface area contributed by atoms with Gasteiger partial charge in [-0.15, -0.1) is 24.0 Å². The Hall–Kier alpha value is -0.0800. The van der Waals surface area contributed by atoms with E-state index in [-0.39, 0.29) is 24.0 Å². The molecule has 0 radical (unpaired) electrons. The van der Waals surface area contributed by atoms with Gasteiger partial charge in [0.25, 0.3) is 0 Å². The van der Waals surface area contributed by atoms with Crippen molar-refractivity contribution < 1.29 is 4.74 Å². The molecule has 0 aromatic rings. The van der Waals surface area contributed by atoms with Gasteiger partial charge in [-0.25, -0.2) is 0 Å². The molecule has 0 amide bonds. The third-order valence-corrected chi connectivity index (χ3v) is 5.58. The molecular weight excluding hydrogens is 415 g/mol. The van der Waals surface area contributed by atoms with Crippen LogP contribution in [0.2, 0.25) is 0 Å². The second-order valence-corrected chi connectivity index (χ2v) is 7.50. The second-order valence-electron chi connectivity index (χ2n) is 7.50. The third kappa shape index (κ3) is 6.02. The molecule has 140 valence electrons. The fourth-order valence-corrected chi connectivity index (χ4v) is 4.00. The zero-order chi connectivity index (χ0) is 16.1. The minimum absolute atomic E-state index is 0. The highest BCUT2D eigenvalue weighted by atomic mass is 127. The number of aliphatic imine (C=N–C) groups is 1. The van der Waals surface area contributed by atoms with E-state index in [2.05, 4.69) is 29.5 Å². The minimum Gasteiger partial charge on any atom is -0.379 e. The summed E-state index contributed by atoms with van der Waals surface area (Å²) in [6, 6.07) is 2.07. The van der Waals surface area contributed by atoms with E-state index in [1.165, 1.54) is 44.9 Å². The summed E-state index contributed by atoms with van der Waals surface area (Å²) < 4.78 is 5.68. The van der Waals surface area contributed by atoms with Crippen LogP contribution < -0.4 is 10.6 Å². The first-order valence-electron chi connectivity index (χ1n) is 9.60. The number of nitrogens with zero attached hydrogens (tertiary/aromatic N) is 2. The highest BCUT2D eigenvalue weighted by molar-refractivity contribution is 14.0. The molecule has 2 saturated heterocycles. The van der Waals surface area contributed by atoms with Gasteiger partial charge in [-0.2, -0.15) is 0 Å². The predicted octanol–water partition coefficient (Wildman–Crippen LogP) is 2.60. The largest absolute Gasteiger partial charge is 0.379 e. The van der Waals surface area contributed by atoms with Crippen LogP contribution in [-0.4, -0.2) is 62.3 Å². The van der Waals surface area contributed by atoms with Crippen LogP contribution in [0.5, 0.6) is 0 Å². The number of fused-ring (bicyclic) bond motifs is 2. The van der Waals surface area contributed by atoms with Crippen molar-refractivity contribution in [1.29, 1.82) is 0 Å². The number of nitrogens with one attached hydrogen (secondary N) is 2. The normalized spacial score (nSPS) is 30.6. The molecule has 3 fully saturated rings. The maximum atomic E-state index is 5.68. The molecule has 2 heterocycles. The standard InChI is InChI=1S/C18H34N4O.HI/c1-3-19-18(20-9-10-23-13-14-7-8-14)21-15-11-16-5-4-6-17(12-15)22(16)2;/h14-17H,3-13H2,1-2H3,(H2,19,20,21);1H. The molecule has 1 saturated carbocycles. The minimum atomic E-state index is 0. The summed E-state index contributed by atoms with van der Waals surface area (Å²) in [6.45, 7) is 5.46. The van der Waals surface area contributed by atoms with Gasteiger partial charge in [0.1, 0.15) is 0 Å². The van der Waals surface area contributed by atoms with Crippen molar-refractivity contribution in [3.63, 3.8) is 0 Å². The van der Waals surface area contributed by atoms with Crippen molar-refractivity contribution in [3.05, 3.63) is 0 Å². The lowest BCUT2D eigenvalue weighted by atomic mass is 9.82. The number of hydrogen-bond acceptors (Lipinski definition) is 3. The summed E-state index contributed by atoms with van der Waals surface area (Å²) in [4.78, 5) is 7.30. The molecule has 0 aromatic heterocycles. The van der Waals surface area contributed by atoms with Crippen molar-refractivity contribution in [1.82, 2.24) is 15.5 Å². The van der Waals surface area contributed by atoms with E-state index in [9.17, 15) is 0 Å². The first kappa shape index (κ1) is 20.2. The number of ether oxygens (including phenoxy) is 1. The Balaban J connectivity index is 0.00000208. The van der Waals surface area contributed by atoms with Gasteiger partial charge in [0.2, 0.25) is 0 Å². The maximum absolute atomic E-state index is 5.68. The van der Waals surface area contributed by atoms with Gasteiger partial charge >= 0.3 is 0 Å². The molecule has 2 bridgehead atoms. The smallest absolute Gasteiger partial charge is 0.191 e. The zero-order valence-corrected chi connectivity index (χ0v) is 17.6. The van der Waals surface area contributed by atoms with Gasteiger partial charge in [0, 0.05) is 31.3 Å². The number of piperidine rings is 2. The second kappa shape index (κ2) is 10.2. The van der Waals surface area contributed by atoms with E-state index in [4.69, 9.17) is 9.73 Å². The van der Waals surface area contributed by atoms with Gasteiger partial charge < -0.3 is 20.3 Å². The van der Waals surface area contributed by atoms with Crippen LogP contribution in [0.1, 0.15) is 51.9 Å². The van der Waals surface area contributed by atoms with Gasteiger partial charge in [-0.3, -0.25) is 4.99 Å². The van der Waals surface area contributed by atoms with Gasteiger partial charge in [0.05, 0.1) is 13.2 Å². The van der Waals surface area contributed by atoms with E-state index in [0.29, 0.717) is 6.04 Å². The van der Waals surface area contributed by atoms with Crippen LogP contribution in [0.15, 0.2) is 4.99 Å². The Bertz CT molecular complexity index is 388. The van der Waals surface area contributed by atoms with Gasteiger partial charge in [-0.1, -0.05) is 6.42 Å². The van der Waals surface area contributed by atoms with Crippen LogP contribution >= 0.6 is 24.0 Å². The quantitative estimate of drug-likeness (QED) is 0.271. The van der Waals surface area contributed by atoms with Crippen molar-refractivity contribution >= 4 is 29.9 Å². The van der Waals surface area contributed by atoms with Crippen LogP contribution in [0.4, 0.5) is 0 Å². The van der Waals surface area contributed by atoms with E-state index < -0.39 is 0 Å². The number of hydrogen-bond donors (Lipinski definition) is 2. The van der Waals surface area contributed by atoms with Gasteiger partial charge in [0.15, 0.2) is 5.96 Å². The topological polar surface area (TPSA) is 48.9 Å². The molecular formula is C18H35IN4O. The molecule has 0 spiro atoms. The highest BCUT2D eigenvalue weighted by Crippen LogP contribution is 2.32. The Morgan fingerprint density at radius 3 is 2.50 bits per heavy atom. The fourth-order valence-electron chi connectivity index (χ4n) is 4.00. The molecule has 1 aliphatic carbocycles. The molecule has 2 atom stereocenters. The Morgan fingerprint density at radius 2 is 1.88 bits per heavy atom. The molecule has 24 heavy (non-hydrogen) atoms. The third-order valence-electron chi connectivity index (χ3n) is 5.58. The lowest BCUT2D eigenvalue weighted by Gasteiger charge is -2.47. The van der Waals surface area contributed by atoms with Crippen molar-refractivity contribution in [3.8, 4) is 0 Å². The molecule has 5 nitrogen and oxygen atoms in total. The average molecular weight is 450 g/mol. The number of halogens is 1. The summed E-state index contributed by atoms with van der Waals surface area (Å²) in [5.74, 6) is 1.80. The first-order chi connectivity index (χ1) is 11.3. The monoisotopic (exact) mass is 450 g/mol. The van der Waals surface area contributed by atoms with Crippen molar-refractivity contribution in [2.75, 3.05) is 33.4 Å². The fraction of sp³-hybridized carbons (Fsp3) is 0.944. The molecule has 3 aliphatic rings. The molecule has 2 N–H and O–H groups in total. The van der Waals surface area contributed by atoms with Crippen molar-refractivity contribution in [2.24, 2.45) is 10.9 Å². The molecule has 2 aliphatic heterocycles. The van der Waals surface area contributed by atoms with Crippen LogP contribution in [0.25, 0.3) is 0 Å². The predicted molar refractivity (Wildman–Crippen MR) is 110 cm³/mol. The Labute approximate surface area is 164 Å². The molecule has 6 heteroatoms. The SMILES string of the molecule is CCNC(=NCCOCC1CC1)NC1CC2CCCC(C1)N2C.I. The Morgan fingerprint density at radius 1 is 1.17 bits per heavy atom. The lowest BCUT2D eigenvalue weighted by molar-refractivity contribution is 0.0526. The number of guanidine groups is 1. The summed E-state index contributed by atoms with van der Waals surface area (Å²) in [5.41, 5.74) is 0. The number of rotatable bonds is 7. The summed E-state index contributed by atoms with van der Waals surface area (Å²) >= 11 is 0. The van der Waals surface area contributed by atoms with Crippen LogP contribution in [0, 0.1) is 5.92 Å². The van der Waals surface area contributed by atoms with Crippen LogP contribution in [-0.2, 0) is 4.74 Å². The summed E-state index contributed by atoms with van der Waals surface area (Å²) in [6.07, 6.45) is 9.31. The van der Waals surface area contributed by atoms with Gasteiger partial charge in [-0.05, 0) is 58.4 Å². The van der Waals surface area contributed by atoms with Crippen LogP contribution in [0.3, 0.4) is 0 Å².